The minimum atomic E-state index is -2.89. The molecule has 0 unspecified atom stereocenters. The molecule has 4 heterocycles. The Morgan fingerprint density at radius 2 is 2.00 bits per heavy atom. The first kappa shape index (κ1) is 21.8. The van der Waals surface area contributed by atoms with Crippen LogP contribution in [0.15, 0.2) is 30.5 Å². The summed E-state index contributed by atoms with van der Waals surface area (Å²) in [6.07, 6.45) is 2.28. The molecule has 1 aromatic carbocycles. The number of fused-ring (bicyclic) bond motifs is 4. The molecule has 0 amide bonds. The molecule has 1 aliphatic carbocycles. The van der Waals surface area contributed by atoms with Crippen LogP contribution >= 0.6 is 0 Å². The Bertz CT molecular complexity index is 1540. The highest BCUT2D eigenvalue weighted by molar-refractivity contribution is 5.94. The molecule has 1 saturated carbocycles. The molecule has 10 heteroatoms. The van der Waals surface area contributed by atoms with Crippen molar-refractivity contribution in [3.63, 3.8) is 0 Å². The maximum atomic E-state index is 15.2. The van der Waals surface area contributed by atoms with Crippen LogP contribution in [0.25, 0.3) is 16.7 Å². The van der Waals surface area contributed by atoms with Gasteiger partial charge in [0.25, 0.3) is 11.7 Å². The van der Waals surface area contributed by atoms with Crippen LogP contribution in [0.3, 0.4) is 0 Å². The van der Waals surface area contributed by atoms with Gasteiger partial charge in [0.2, 0.25) is 0 Å². The van der Waals surface area contributed by atoms with Gasteiger partial charge in [0, 0.05) is 25.2 Å². The van der Waals surface area contributed by atoms with Crippen molar-refractivity contribution >= 4 is 28.2 Å². The van der Waals surface area contributed by atoms with E-state index in [1.54, 1.807) is 35.7 Å². The van der Waals surface area contributed by atoms with Gasteiger partial charge >= 0.3 is 0 Å². The lowest BCUT2D eigenvalue weighted by atomic mass is 10.00. The Balaban J connectivity index is 1.54. The first-order chi connectivity index (χ1) is 16.8. The molecule has 6 rings (SSSR count). The second-order valence-corrected chi connectivity index (χ2v) is 9.03. The number of aryl methyl sites for hydroxylation is 1. The van der Waals surface area contributed by atoms with Crippen molar-refractivity contribution < 1.29 is 17.9 Å². The third-order valence-electron chi connectivity index (χ3n) is 6.76. The molecule has 3 aromatic heterocycles. The van der Waals surface area contributed by atoms with Gasteiger partial charge in [0.05, 0.1) is 35.2 Å². The van der Waals surface area contributed by atoms with Crippen LogP contribution in [-0.2, 0) is 11.3 Å². The van der Waals surface area contributed by atoms with E-state index < -0.39 is 17.2 Å². The molecule has 7 nitrogen and oxygen atoms in total. The molecular formula is C25H21F3N6O. The van der Waals surface area contributed by atoms with Gasteiger partial charge in [-0.05, 0) is 43.9 Å². The lowest BCUT2D eigenvalue weighted by Crippen LogP contribution is -2.24. The summed E-state index contributed by atoms with van der Waals surface area (Å²) < 4.78 is 50.9. The number of alkyl halides is 2. The van der Waals surface area contributed by atoms with E-state index in [0.29, 0.717) is 71.3 Å². The second-order valence-electron chi connectivity index (χ2n) is 9.03. The summed E-state index contributed by atoms with van der Waals surface area (Å²) in [5.41, 5.74) is 0.993. The molecule has 0 bridgehead atoms. The highest BCUT2D eigenvalue weighted by Gasteiger charge is 2.58. The number of benzene rings is 1. The zero-order chi connectivity index (χ0) is 24.4. The van der Waals surface area contributed by atoms with Crippen LogP contribution in [0.1, 0.15) is 36.8 Å². The molecule has 35 heavy (non-hydrogen) atoms. The predicted molar refractivity (Wildman–Crippen MR) is 123 cm³/mol. The number of halogens is 3. The monoisotopic (exact) mass is 478 g/mol. The van der Waals surface area contributed by atoms with Crippen LogP contribution in [0.2, 0.25) is 0 Å². The largest absolute Gasteiger partial charge is 0.375 e. The summed E-state index contributed by atoms with van der Waals surface area (Å²) in [5.74, 6) is 3.67. The highest BCUT2D eigenvalue weighted by atomic mass is 19.3. The van der Waals surface area contributed by atoms with Crippen LogP contribution in [0, 0.1) is 30.0 Å². The molecule has 0 radical (unpaired) electrons. The summed E-state index contributed by atoms with van der Waals surface area (Å²) in [4.78, 5) is 10.9. The van der Waals surface area contributed by atoms with E-state index in [0.717, 1.165) is 6.92 Å². The molecule has 0 saturated heterocycles. The topological polar surface area (TPSA) is 68.4 Å². The molecule has 0 spiro atoms. The third kappa shape index (κ3) is 3.41. The van der Waals surface area contributed by atoms with Gasteiger partial charge in [-0.3, -0.25) is 4.40 Å². The zero-order valence-electron chi connectivity index (χ0n) is 19.1. The number of ether oxygens (including phenoxy) is 1. The fraction of sp³-hybridized carbons (Fsp3) is 0.360. The number of rotatable bonds is 2. The fourth-order valence-electron chi connectivity index (χ4n) is 4.61. The summed E-state index contributed by atoms with van der Waals surface area (Å²) in [6, 6.07) is 6.60. The Hall–Kier alpha value is -3.71. The Morgan fingerprint density at radius 1 is 1.17 bits per heavy atom. The lowest BCUT2D eigenvalue weighted by Gasteiger charge is -2.25. The van der Waals surface area contributed by atoms with Gasteiger partial charge in [-0.25, -0.2) is 18.2 Å². The van der Waals surface area contributed by atoms with Crippen molar-refractivity contribution in [1.82, 2.24) is 24.6 Å². The van der Waals surface area contributed by atoms with Crippen molar-refractivity contribution in [2.75, 3.05) is 18.1 Å². The van der Waals surface area contributed by atoms with Gasteiger partial charge in [-0.15, -0.1) is 10.2 Å². The second kappa shape index (κ2) is 7.65. The highest BCUT2D eigenvalue weighted by Crippen LogP contribution is 2.56. The average Bonchev–Trinajstić information content (AvgIpc) is 3.58. The molecule has 2 aliphatic rings. The Labute approximate surface area is 199 Å². The SMILES string of the molecule is Cc1nnc2nc(N3CCOCc4c3ccnc4C#CC3(C(C)(F)F)CC3)c3c(F)cccc3n12. The molecule has 1 fully saturated rings. The smallest absolute Gasteiger partial charge is 0.261 e. The molecular weight excluding hydrogens is 457 g/mol. The molecule has 1 aliphatic heterocycles. The van der Waals surface area contributed by atoms with E-state index in [1.165, 1.54) is 6.07 Å². The van der Waals surface area contributed by atoms with E-state index in [-0.39, 0.29) is 6.61 Å². The van der Waals surface area contributed by atoms with Crippen LogP contribution < -0.4 is 4.90 Å². The van der Waals surface area contributed by atoms with Crippen molar-refractivity contribution in [3.8, 4) is 11.8 Å². The van der Waals surface area contributed by atoms with Gasteiger partial charge in [0.15, 0.2) is 0 Å². The quantitative estimate of drug-likeness (QED) is 0.393. The van der Waals surface area contributed by atoms with Gasteiger partial charge in [0.1, 0.15) is 23.2 Å². The first-order valence-corrected chi connectivity index (χ1v) is 11.3. The van der Waals surface area contributed by atoms with E-state index in [1.807, 2.05) is 4.90 Å². The van der Waals surface area contributed by atoms with Crippen molar-refractivity contribution in [2.45, 2.75) is 39.2 Å². The number of hydrogen-bond donors (Lipinski definition) is 0. The lowest BCUT2D eigenvalue weighted by molar-refractivity contribution is -0.0294. The van der Waals surface area contributed by atoms with Crippen LogP contribution in [0.5, 0.6) is 0 Å². The number of anilines is 2. The van der Waals surface area contributed by atoms with E-state index >= 15 is 4.39 Å². The summed E-state index contributed by atoms with van der Waals surface area (Å²) >= 11 is 0. The maximum Gasteiger partial charge on any atom is 0.261 e. The minimum Gasteiger partial charge on any atom is -0.375 e. The number of pyridine rings is 1. The first-order valence-electron chi connectivity index (χ1n) is 11.3. The average molecular weight is 478 g/mol. The maximum absolute atomic E-state index is 15.2. The molecule has 178 valence electrons. The predicted octanol–water partition coefficient (Wildman–Crippen LogP) is 4.58. The van der Waals surface area contributed by atoms with Gasteiger partial charge in [-0.2, -0.15) is 4.98 Å². The number of nitrogens with zero attached hydrogens (tertiary/aromatic N) is 6. The molecule has 0 N–H and O–H groups in total. The van der Waals surface area contributed by atoms with Crippen LogP contribution in [-0.4, -0.2) is 43.6 Å². The Kier molecular flexibility index (Phi) is 4.76. The number of hydrogen-bond acceptors (Lipinski definition) is 6. The summed E-state index contributed by atoms with van der Waals surface area (Å²) in [5, 5.41) is 8.58. The third-order valence-corrected chi connectivity index (χ3v) is 6.76. The number of aromatic nitrogens is 5. The summed E-state index contributed by atoms with van der Waals surface area (Å²) in [6.45, 7) is 3.62. The van der Waals surface area contributed by atoms with Crippen molar-refractivity contribution in [3.05, 3.63) is 53.4 Å². The van der Waals surface area contributed by atoms with Crippen LogP contribution in [0.4, 0.5) is 24.7 Å². The van der Waals surface area contributed by atoms with Gasteiger partial charge in [-0.1, -0.05) is 12.0 Å². The van der Waals surface area contributed by atoms with Crippen molar-refractivity contribution in [2.24, 2.45) is 5.41 Å². The molecule has 0 atom stereocenters. The van der Waals surface area contributed by atoms with E-state index in [2.05, 4.69) is 32.0 Å². The Morgan fingerprint density at radius 3 is 2.77 bits per heavy atom. The van der Waals surface area contributed by atoms with E-state index in [9.17, 15) is 8.78 Å². The van der Waals surface area contributed by atoms with Crippen molar-refractivity contribution in [1.29, 1.82) is 0 Å². The summed E-state index contributed by atoms with van der Waals surface area (Å²) in [7, 11) is 0. The normalized spacial score (nSPS) is 17.1. The van der Waals surface area contributed by atoms with E-state index in [4.69, 9.17) is 4.74 Å². The standard InChI is InChI=1S/C25H21F3N6O/c1-15-31-32-23-30-22(21-17(26)4-3-5-20(21)34(15)23)33-12-13-35-14-16-18(29-11-7-19(16)33)6-8-25(9-10-25)24(2,27)28/h3-5,7,11H,9-10,12-14H2,1-2H3. The zero-order valence-corrected chi connectivity index (χ0v) is 19.1. The minimum absolute atomic E-state index is 0.200. The fourth-order valence-corrected chi connectivity index (χ4v) is 4.61. The van der Waals surface area contributed by atoms with Gasteiger partial charge < -0.3 is 9.64 Å². The molecule has 4 aromatic rings.